The second kappa shape index (κ2) is 10.3. The second-order valence-corrected chi connectivity index (χ2v) is 39.3. The summed E-state index contributed by atoms with van der Waals surface area (Å²) in [6.45, 7) is 27.0. The zero-order valence-corrected chi connectivity index (χ0v) is 29.7. The predicted molar refractivity (Wildman–Crippen MR) is 167 cm³/mol. The quantitative estimate of drug-likeness (QED) is 0.255. The van der Waals surface area contributed by atoms with Crippen molar-refractivity contribution >= 4 is 35.0 Å². The molecule has 4 rings (SSSR count). The van der Waals surface area contributed by atoms with Crippen molar-refractivity contribution in [2.24, 2.45) is 0 Å². The van der Waals surface area contributed by atoms with Crippen LogP contribution in [0, 0.1) is 0 Å². The molecule has 0 aliphatic heterocycles. The van der Waals surface area contributed by atoms with Gasteiger partial charge in [0.15, 0.2) is 0 Å². The summed E-state index contributed by atoms with van der Waals surface area (Å²) >= 11 is -3.72. The maximum atomic E-state index is 2.56. The van der Waals surface area contributed by atoms with Crippen molar-refractivity contribution in [1.29, 1.82) is 0 Å². The Bertz CT molecular complexity index is 1270. The Morgan fingerprint density at radius 1 is 0.806 bits per heavy atom. The van der Waals surface area contributed by atoms with Crippen molar-refractivity contribution in [3.8, 4) is 11.1 Å². The van der Waals surface area contributed by atoms with Crippen molar-refractivity contribution in [2.75, 3.05) is 0 Å². The van der Waals surface area contributed by atoms with E-state index in [1.54, 1.807) is 14.4 Å². The summed E-state index contributed by atoms with van der Waals surface area (Å²) < 4.78 is 5.01. The van der Waals surface area contributed by atoms with E-state index in [1.165, 1.54) is 22.3 Å². The van der Waals surface area contributed by atoms with E-state index in [-0.39, 0.29) is 35.6 Å². The maximum absolute atomic E-state index is 3.72. The third-order valence-electron chi connectivity index (χ3n) is 9.51. The molecule has 0 unspecified atom stereocenters. The Hall–Kier alpha value is -0.400. The molecule has 0 N–H and O–H groups in total. The molecule has 0 radical (unpaired) electrons. The Balaban J connectivity index is 0.00000228. The van der Waals surface area contributed by atoms with Gasteiger partial charge in [0, 0.05) is 0 Å². The number of benzene rings is 2. The predicted octanol–water partition coefficient (Wildman–Crippen LogP) is 9.06. The Morgan fingerprint density at radius 2 is 1.39 bits per heavy atom. The molecule has 4 heteroatoms. The Kier molecular flexibility index (Phi) is 9.10. The van der Waals surface area contributed by atoms with E-state index in [2.05, 4.69) is 125 Å². The van der Waals surface area contributed by atoms with Crippen molar-refractivity contribution in [3.05, 3.63) is 74.1 Å². The van der Waals surface area contributed by atoms with Crippen LogP contribution in [0.5, 0.6) is 0 Å². The molecule has 0 aromatic heterocycles. The van der Waals surface area contributed by atoms with Crippen molar-refractivity contribution < 1.29 is 17.4 Å². The van der Waals surface area contributed by atoms with Crippen LogP contribution in [0.3, 0.4) is 0 Å². The summed E-state index contributed by atoms with van der Waals surface area (Å²) in [6, 6.07) is 12.3. The van der Waals surface area contributed by atoms with Gasteiger partial charge in [0.05, 0.1) is 0 Å². The second-order valence-electron chi connectivity index (χ2n) is 13.8. The average molecular weight is 623 g/mol. The van der Waals surface area contributed by atoms with Gasteiger partial charge in [-0.2, -0.15) is 0 Å². The van der Waals surface area contributed by atoms with Gasteiger partial charge in [-0.25, -0.2) is 0 Å². The number of hydrogen-bond donors (Lipinski definition) is 0. The van der Waals surface area contributed by atoms with E-state index in [0.717, 1.165) is 12.8 Å². The van der Waals surface area contributed by atoms with Crippen LogP contribution in [-0.4, -0.2) is 6.88 Å². The molecule has 0 saturated carbocycles. The third kappa shape index (κ3) is 4.55. The number of hydrogen-bond acceptors (Lipinski definition) is 0. The fraction of sp³-hybridized carbons (Fsp3) is 0.500. The monoisotopic (exact) mass is 620 g/mol. The largest absolute Gasteiger partial charge is 0.147 e. The van der Waals surface area contributed by atoms with Gasteiger partial charge in [-0.15, -0.1) is 24.8 Å². The van der Waals surface area contributed by atoms with Crippen molar-refractivity contribution in [1.82, 2.24) is 0 Å². The van der Waals surface area contributed by atoms with E-state index in [9.17, 15) is 0 Å². The van der Waals surface area contributed by atoms with Gasteiger partial charge in [0.2, 0.25) is 0 Å². The molecule has 0 fully saturated rings. The van der Waals surface area contributed by atoms with E-state index in [1.807, 2.05) is 3.27 Å². The Morgan fingerprint density at radius 3 is 1.86 bits per heavy atom. The van der Waals surface area contributed by atoms with Gasteiger partial charge >= 0.3 is 213 Å². The molecule has 0 spiro atoms. The van der Waals surface area contributed by atoms with E-state index in [4.69, 9.17) is 0 Å². The molecular formula is C32H48Cl2SiZr. The third-order valence-corrected chi connectivity index (χ3v) is 45.9. The molecule has 0 heterocycles. The number of rotatable bonds is 4. The van der Waals surface area contributed by atoms with E-state index < -0.39 is 17.4 Å². The molecule has 36 heavy (non-hydrogen) atoms. The molecule has 0 nitrogen and oxygen atoms in total. The molecule has 0 saturated heterocycles. The normalized spacial score (nSPS) is 15.4. The summed E-state index contributed by atoms with van der Waals surface area (Å²) in [4.78, 5) is 0. The van der Waals surface area contributed by atoms with Gasteiger partial charge in [0.1, 0.15) is 0 Å². The molecule has 2 aromatic carbocycles. The van der Waals surface area contributed by atoms with Crippen molar-refractivity contribution in [2.45, 2.75) is 100 Å². The fourth-order valence-corrected chi connectivity index (χ4v) is 29.2. The first-order chi connectivity index (χ1) is 15.6. The minimum Gasteiger partial charge on any atom is -0.147 e. The first kappa shape index (κ1) is 31.8. The summed E-state index contributed by atoms with van der Waals surface area (Å²) in [5, 5.41) is 0. The molecular weight excluding hydrogens is 575 g/mol. The molecule has 0 amide bonds. The van der Waals surface area contributed by atoms with Gasteiger partial charge in [0.25, 0.3) is 0 Å². The number of allylic oxidation sites excluding steroid dienone is 4. The van der Waals surface area contributed by atoms with Crippen LogP contribution in [0.25, 0.3) is 11.1 Å². The van der Waals surface area contributed by atoms with Crippen LogP contribution in [0.4, 0.5) is 0 Å². The standard InChI is InChI=1S/C21H25.C5H5.2C3H7.2ClH.H2Si.Zr/c1-20(2,3)16-7-9-18-14(12-16)11-15-13-17(21(4,5)6)8-10-19(15)18;1-2-4-5-3-1;2*1-3-2;;;;/h7-10,12H,11H2,1-6H3;1-3H,4H2;2*3H,1-2H3;2*1H;1H2;. The first-order valence-corrected chi connectivity index (χ1v) is 24.5. The zero-order valence-electron chi connectivity index (χ0n) is 24.2. The minimum atomic E-state index is -3.72. The molecule has 0 bridgehead atoms. The molecule has 2 aromatic rings. The Labute approximate surface area is 236 Å². The topological polar surface area (TPSA) is 0 Å². The van der Waals surface area contributed by atoms with Gasteiger partial charge < -0.3 is 0 Å². The van der Waals surface area contributed by atoms with E-state index in [0.29, 0.717) is 7.25 Å². The fourth-order valence-electron chi connectivity index (χ4n) is 7.07. The molecule has 2 aliphatic rings. The minimum absolute atomic E-state index is 0. The van der Waals surface area contributed by atoms with Crippen LogP contribution in [0.2, 0.25) is 7.25 Å². The molecule has 2 aliphatic carbocycles. The van der Waals surface area contributed by atoms with Gasteiger partial charge in [-0.05, 0) is 0 Å². The van der Waals surface area contributed by atoms with Crippen LogP contribution in [0.15, 0.2) is 51.8 Å². The smallest absolute Gasteiger partial charge is 0.147 e. The molecule has 198 valence electrons. The zero-order chi connectivity index (χ0) is 25.3. The number of halogens is 2. The van der Waals surface area contributed by atoms with Gasteiger partial charge in [-0.3, -0.25) is 0 Å². The first-order valence-electron chi connectivity index (χ1n) is 13.3. The number of fused-ring (bicyclic) bond motifs is 3. The molecule has 0 atom stereocenters. The van der Waals surface area contributed by atoms with Crippen LogP contribution >= 0.6 is 24.8 Å². The summed E-state index contributed by atoms with van der Waals surface area (Å²) in [7, 11) is 0. The SMILES string of the molecule is C[CH](C)[Zr](=[SiH2])([C]1=CC=CC1)([c]1c(C(C)(C)C)ccc2c1Cc1cc(C(C)(C)C)ccc1-2)[CH](C)C.Cl.Cl. The summed E-state index contributed by atoms with van der Waals surface area (Å²) in [6.07, 6.45) is 9.52. The van der Waals surface area contributed by atoms with Crippen LogP contribution in [0.1, 0.15) is 97.9 Å². The van der Waals surface area contributed by atoms with Crippen LogP contribution < -0.4 is 3.27 Å². The van der Waals surface area contributed by atoms with Crippen LogP contribution in [-0.2, 0) is 34.6 Å². The van der Waals surface area contributed by atoms with Crippen molar-refractivity contribution in [3.63, 3.8) is 0 Å². The summed E-state index contributed by atoms with van der Waals surface area (Å²) in [5.41, 5.74) is 9.57. The average Bonchev–Trinajstić information content (AvgIpc) is 3.38. The maximum Gasteiger partial charge on any atom is -0.147 e. The summed E-state index contributed by atoms with van der Waals surface area (Å²) in [5.74, 6) is 0. The van der Waals surface area contributed by atoms with Gasteiger partial charge in [-0.1, -0.05) is 0 Å². The van der Waals surface area contributed by atoms with E-state index >= 15 is 0 Å².